The third-order valence-corrected chi connectivity index (χ3v) is 2.24. The fourth-order valence-corrected chi connectivity index (χ4v) is 1.35. The molecule has 0 aliphatic heterocycles. The molecule has 0 heterocycles. The second kappa shape index (κ2) is 9.08. The molecule has 0 radical (unpaired) electrons. The van der Waals surface area contributed by atoms with Crippen LogP contribution in [0.25, 0.3) is 0 Å². The number of allylic oxidation sites excluding steroid dienone is 3. The van der Waals surface area contributed by atoms with Crippen molar-refractivity contribution in [3.05, 3.63) is 36.7 Å². The molecule has 0 aliphatic carbocycles. The van der Waals surface area contributed by atoms with Crippen molar-refractivity contribution in [1.29, 1.82) is 0 Å². The van der Waals surface area contributed by atoms with Crippen molar-refractivity contribution in [3.8, 4) is 0 Å². The van der Waals surface area contributed by atoms with Crippen molar-refractivity contribution in [1.82, 2.24) is 10.6 Å². The summed E-state index contributed by atoms with van der Waals surface area (Å²) < 4.78 is 0. The lowest BCUT2D eigenvalue weighted by Gasteiger charge is -2.10. The van der Waals surface area contributed by atoms with Gasteiger partial charge in [-0.1, -0.05) is 18.7 Å². The van der Waals surface area contributed by atoms with Crippen LogP contribution in [0, 0.1) is 0 Å². The van der Waals surface area contributed by atoms with Gasteiger partial charge in [0.15, 0.2) is 0 Å². The second-order valence-electron chi connectivity index (χ2n) is 4.40. The molecule has 0 saturated carbocycles. The molecule has 0 rings (SSSR count). The highest BCUT2D eigenvalue weighted by molar-refractivity contribution is 4.94. The summed E-state index contributed by atoms with van der Waals surface area (Å²) in [4.78, 5) is 0. The number of nitrogens with one attached hydrogen (secondary N) is 2. The van der Waals surface area contributed by atoms with E-state index in [2.05, 4.69) is 37.3 Å². The van der Waals surface area contributed by atoms with Crippen molar-refractivity contribution in [2.24, 2.45) is 0 Å². The first-order valence-electron chi connectivity index (χ1n) is 5.97. The predicted molar refractivity (Wildman–Crippen MR) is 73.2 cm³/mol. The van der Waals surface area contributed by atoms with Crippen molar-refractivity contribution in [2.75, 3.05) is 13.1 Å². The molecule has 16 heavy (non-hydrogen) atoms. The molecule has 0 aromatic carbocycles. The van der Waals surface area contributed by atoms with Gasteiger partial charge < -0.3 is 10.6 Å². The Morgan fingerprint density at radius 2 is 1.50 bits per heavy atom. The van der Waals surface area contributed by atoms with E-state index < -0.39 is 0 Å². The van der Waals surface area contributed by atoms with Gasteiger partial charge in [0.2, 0.25) is 0 Å². The first-order chi connectivity index (χ1) is 7.52. The normalized spacial score (nSPS) is 9.62. The van der Waals surface area contributed by atoms with Gasteiger partial charge in [0.05, 0.1) is 0 Å². The van der Waals surface area contributed by atoms with Crippen LogP contribution in [0.1, 0.15) is 39.5 Å². The molecule has 0 saturated heterocycles. The van der Waals surface area contributed by atoms with E-state index in [1.165, 1.54) is 5.57 Å². The number of hydrogen-bond donors (Lipinski definition) is 2. The van der Waals surface area contributed by atoms with Crippen LogP contribution >= 0.6 is 0 Å². The lowest BCUT2D eigenvalue weighted by molar-refractivity contribution is 0.652. The Kier molecular flexibility index (Phi) is 8.41. The molecule has 0 amide bonds. The molecule has 0 aliphatic rings. The largest absolute Gasteiger partial charge is 0.389 e. The minimum absolute atomic E-state index is 0.974. The SMILES string of the molecule is C=C(C)CCCC(=C)NCCCNC(=C)C. The topological polar surface area (TPSA) is 24.1 Å². The average Bonchev–Trinajstić information content (AvgIpc) is 2.16. The van der Waals surface area contributed by atoms with Crippen LogP contribution in [0.2, 0.25) is 0 Å². The summed E-state index contributed by atoms with van der Waals surface area (Å²) in [6, 6.07) is 0. The minimum Gasteiger partial charge on any atom is -0.389 e. The maximum Gasteiger partial charge on any atom is 0.0160 e. The third kappa shape index (κ3) is 10.9. The van der Waals surface area contributed by atoms with Gasteiger partial charge in [0.25, 0.3) is 0 Å². The second-order valence-corrected chi connectivity index (χ2v) is 4.40. The quantitative estimate of drug-likeness (QED) is 0.437. The summed E-state index contributed by atoms with van der Waals surface area (Å²) in [7, 11) is 0. The van der Waals surface area contributed by atoms with Crippen LogP contribution in [-0.2, 0) is 0 Å². The van der Waals surface area contributed by atoms with Crippen LogP contribution in [0.15, 0.2) is 36.7 Å². The Morgan fingerprint density at radius 1 is 0.875 bits per heavy atom. The fourth-order valence-electron chi connectivity index (χ4n) is 1.35. The molecule has 0 fully saturated rings. The van der Waals surface area contributed by atoms with Crippen LogP contribution in [0.5, 0.6) is 0 Å². The summed E-state index contributed by atoms with van der Waals surface area (Å²) in [5, 5.41) is 6.54. The molecule has 0 aromatic heterocycles. The first kappa shape index (κ1) is 14.8. The lowest BCUT2D eigenvalue weighted by Crippen LogP contribution is -2.20. The van der Waals surface area contributed by atoms with E-state index in [1.807, 2.05) is 6.92 Å². The van der Waals surface area contributed by atoms with E-state index in [1.54, 1.807) is 0 Å². The van der Waals surface area contributed by atoms with Crippen molar-refractivity contribution < 1.29 is 0 Å². The number of hydrogen-bond acceptors (Lipinski definition) is 2. The highest BCUT2D eigenvalue weighted by Crippen LogP contribution is 2.07. The van der Waals surface area contributed by atoms with E-state index in [-0.39, 0.29) is 0 Å². The molecule has 2 N–H and O–H groups in total. The smallest absolute Gasteiger partial charge is 0.0160 e. The molecule has 0 unspecified atom stereocenters. The summed E-state index contributed by atoms with van der Waals surface area (Å²) >= 11 is 0. The van der Waals surface area contributed by atoms with Crippen LogP contribution in [0.3, 0.4) is 0 Å². The van der Waals surface area contributed by atoms with Gasteiger partial charge in [-0.15, -0.1) is 6.58 Å². The average molecular weight is 222 g/mol. The highest BCUT2D eigenvalue weighted by atomic mass is 14.9. The van der Waals surface area contributed by atoms with Gasteiger partial charge in [0.1, 0.15) is 0 Å². The van der Waals surface area contributed by atoms with Gasteiger partial charge in [0, 0.05) is 24.5 Å². The zero-order valence-corrected chi connectivity index (χ0v) is 10.9. The van der Waals surface area contributed by atoms with E-state index in [9.17, 15) is 0 Å². The number of rotatable bonds is 10. The van der Waals surface area contributed by atoms with E-state index in [0.29, 0.717) is 0 Å². The first-order valence-corrected chi connectivity index (χ1v) is 5.97. The zero-order valence-electron chi connectivity index (χ0n) is 10.9. The van der Waals surface area contributed by atoms with Gasteiger partial charge in [-0.2, -0.15) is 0 Å². The zero-order chi connectivity index (χ0) is 12.4. The summed E-state index contributed by atoms with van der Waals surface area (Å²) in [6.45, 7) is 17.7. The lowest BCUT2D eigenvalue weighted by atomic mass is 10.1. The minimum atomic E-state index is 0.974. The monoisotopic (exact) mass is 222 g/mol. The summed E-state index contributed by atoms with van der Waals surface area (Å²) in [6.07, 6.45) is 4.37. The molecule has 0 aromatic rings. The highest BCUT2D eigenvalue weighted by Gasteiger charge is 1.94. The molecule has 0 bridgehead atoms. The molecule has 2 nitrogen and oxygen atoms in total. The Labute approximate surface area is 101 Å². The Balaban J connectivity index is 3.30. The van der Waals surface area contributed by atoms with Gasteiger partial charge >= 0.3 is 0 Å². The molecular weight excluding hydrogens is 196 g/mol. The molecule has 0 atom stereocenters. The van der Waals surface area contributed by atoms with Crippen molar-refractivity contribution in [3.63, 3.8) is 0 Å². The Morgan fingerprint density at radius 3 is 2.06 bits per heavy atom. The van der Waals surface area contributed by atoms with Gasteiger partial charge in [-0.3, -0.25) is 0 Å². The van der Waals surface area contributed by atoms with Crippen molar-refractivity contribution in [2.45, 2.75) is 39.5 Å². The van der Waals surface area contributed by atoms with Crippen LogP contribution in [-0.4, -0.2) is 13.1 Å². The molecule has 0 spiro atoms. The Hall–Kier alpha value is -1.18. The standard InChI is InChI=1S/C14H26N2/c1-12(2)8-6-9-14(5)16-11-7-10-15-13(3)4/h15-16H,1,3,5-11H2,2,4H3. The maximum atomic E-state index is 4.01. The Bertz CT molecular complexity index is 241. The molecule has 2 heteroatoms. The predicted octanol–water partition coefficient (Wildman–Crippen LogP) is 3.35. The van der Waals surface area contributed by atoms with E-state index in [4.69, 9.17) is 0 Å². The fraction of sp³-hybridized carbons (Fsp3) is 0.571. The summed E-state index contributed by atoms with van der Waals surface area (Å²) in [5.41, 5.74) is 3.41. The molecular formula is C14H26N2. The third-order valence-electron chi connectivity index (χ3n) is 2.24. The van der Waals surface area contributed by atoms with Crippen molar-refractivity contribution >= 4 is 0 Å². The molecule has 92 valence electrons. The summed E-state index contributed by atoms with van der Waals surface area (Å²) in [5.74, 6) is 0. The van der Waals surface area contributed by atoms with Gasteiger partial charge in [-0.25, -0.2) is 0 Å². The van der Waals surface area contributed by atoms with Crippen LogP contribution in [0.4, 0.5) is 0 Å². The van der Waals surface area contributed by atoms with E-state index in [0.717, 1.165) is 50.2 Å². The van der Waals surface area contributed by atoms with Crippen LogP contribution < -0.4 is 10.6 Å². The maximum absolute atomic E-state index is 4.01. The van der Waals surface area contributed by atoms with Gasteiger partial charge in [-0.05, 0) is 39.5 Å². The van der Waals surface area contributed by atoms with E-state index >= 15 is 0 Å².